The minimum atomic E-state index is -0.179. The van der Waals surface area contributed by atoms with Crippen LogP contribution in [0.25, 0.3) is 0 Å². The number of nitrogens with zero attached hydrogens (tertiary/aromatic N) is 1. The predicted octanol–water partition coefficient (Wildman–Crippen LogP) is 2.11. The highest BCUT2D eigenvalue weighted by Crippen LogP contribution is 2.67. The van der Waals surface area contributed by atoms with E-state index < -0.39 is 0 Å². The normalized spacial score (nSPS) is 39.4. The van der Waals surface area contributed by atoms with Gasteiger partial charge in [0.2, 0.25) is 0 Å². The molecule has 114 valence electrons. The van der Waals surface area contributed by atoms with Gasteiger partial charge in [-0.15, -0.1) is 0 Å². The third-order valence-electron chi connectivity index (χ3n) is 5.29. The van der Waals surface area contributed by atoms with Crippen molar-refractivity contribution in [3.8, 4) is 0 Å². The molecule has 0 radical (unpaired) electrons. The van der Waals surface area contributed by atoms with Gasteiger partial charge in [-0.25, -0.2) is 5.06 Å². The monoisotopic (exact) mass is 283 g/mol. The Morgan fingerprint density at radius 3 is 2.80 bits per heavy atom. The van der Waals surface area contributed by atoms with Gasteiger partial charge in [-0.3, -0.25) is 9.63 Å². The zero-order chi connectivity index (χ0) is 14.2. The Bertz CT molecular complexity index is 372. The molecule has 0 aromatic heterocycles. The van der Waals surface area contributed by atoms with Crippen LogP contribution in [0.2, 0.25) is 0 Å². The Morgan fingerprint density at radius 1 is 1.35 bits per heavy atom. The molecule has 1 heterocycles. The van der Waals surface area contributed by atoms with Crippen LogP contribution in [0.3, 0.4) is 0 Å². The second kappa shape index (κ2) is 5.28. The molecular weight excluding hydrogens is 258 g/mol. The predicted molar refractivity (Wildman–Crippen MR) is 72.7 cm³/mol. The molecule has 3 saturated carbocycles. The van der Waals surface area contributed by atoms with Crippen LogP contribution in [0.4, 0.5) is 0 Å². The summed E-state index contributed by atoms with van der Waals surface area (Å²) in [6, 6.07) is 0. The Balaban J connectivity index is 1.50. The van der Waals surface area contributed by atoms with E-state index in [4.69, 9.17) is 14.3 Å². The van der Waals surface area contributed by atoms with Crippen molar-refractivity contribution in [2.45, 2.75) is 51.2 Å². The Labute approximate surface area is 120 Å². The lowest BCUT2D eigenvalue weighted by molar-refractivity contribution is -0.203. The van der Waals surface area contributed by atoms with Crippen LogP contribution in [0.5, 0.6) is 0 Å². The van der Waals surface area contributed by atoms with Gasteiger partial charge in [-0.05, 0) is 50.4 Å². The van der Waals surface area contributed by atoms with Crippen molar-refractivity contribution in [1.29, 1.82) is 0 Å². The molecule has 4 rings (SSSR count). The summed E-state index contributed by atoms with van der Waals surface area (Å²) < 4.78 is 11.6. The molecule has 0 N–H and O–H groups in total. The van der Waals surface area contributed by atoms with Gasteiger partial charge >= 0.3 is 0 Å². The number of hydrogen-bond donors (Lipinski definition) is 0. The maximum Gasteiger partial charge on any atom is 0.252 e. The Morgan fingerprint density at radius 2 is 2.15 bits per heavy atom. The number of hydroxylamine groups is 2. The van der Waals surface area contributed by atoms with Crippen molar-refractivity contribution in [2.75, 3.05) is 27.4 Å². The minimum absolute atomic E-state index is 0.0222. The van der Waals surface area contributed by atoms with E-state index in [0.29, 0.717) is 0 Å². The van der Waals surface area contributed by atoms with E-state index in [0.717, 1.165) is 51.7 Å². The SMILES string of the molecule is CON(C)C(=O)C12CCC(COC3CCCCO3)(C1)C2. The van der Waals surface area contributed by atoms with Crippen LogP contribution in [-0.4, -0.2) is 44.6 Å². The number of carbonyl (C=O) groups is 1. The molecular formula is C15H25NO4. The summed E-state index contributed by atoms with van der Waals surface area (Å²) in [5.41, 5.74) is 0.0343. The molecule has 5 heteroatoms. The van der Waals surface area contributed by atoms with Crippen molar-refractivity contribution >= 4 is 5.91 Å². The van der Waals surface area contributed by atoms with E-state index in [9.17, 15) is 4.79 Å². The van der Waals surface area contributed by atoms with Crippen molar-refractivity contribution in [3.05, 3.63) is 0 Å². The second-order valence-electron chi connectivity index (χ2n) is 6.73. The molecule has 1 aliphatic heterocycles. The van der Waals surface area contributed by atoms with Gasteiger partial charge in [0, 0.05) is 13.7 Å². The summed E-state index contributed by atoms with van der Waals surface area (Å²) >= 11 is 0. The summed E-state index contributed by atoms with van der Waals surface area (Å²) in [7, 11) is 3.24. The maximum absolute atomic E-state index is 12.3. The summed E-state index contributed by atoms with van der Waals surface area (Å²) in [5, 5.41) is 1.38. The van der Waals surface area contributed by atoms with Crippen LogP contribution in [0, 0.1) is 10.8 Å². The minimum Gasteiger partial charge on any atom is -0.353 e. The molecule has 0 aromatic rings. The van der Waals surface area contributed by atoms with Gasteiger partial charge in [0.05, 0.1) is 19.1 Å². The molecule has 1 amide bonds. The number of ether oxygens (including phenoxy) is 2. The van der Waals surface area contributed by atoms with Crippen LogP contribution < -0.4 is 0 Å². The van der Waals surface area contributed by atoms with Crippen LogP contribution in [-0.2, 0) is 19.1 Å². The molecule has 20 heavy (non-hydrogen) atoms. The molecule has 2 bridgehead atoms. The van der Waals surface area contributed by atoms with Crippen molar-refractivity contribution in [1.82, 2.24) is 5.06 Å². The topological polar surface area (TPSA) is 48.0 Å². The van der Waals surface area contributed by atoms with E-state index in [2.05, 4.69) is 0 Å². The van der Waals surface area contributed by atoms with E-state index in [1.807, 2.05) is 0 Å². The molecule has 1 atom stereocenters. The van der Waals surface area contributed by atoms with Crippen molar-refractivity contribution in [3.63, 3.8) is 0 Å². The van der Waals surface area contributed by atoms with Crippen molar-refractivity contribution < 1.29 is 19.1 Å². The average Bonchev–Trinajstić information content (AvgIpc) is 3.01. The molecule has 1 saturated heterocycles. The first-order chi connectivity index (χ1) is 9.59. The lowest BCUT2D eigenvalue weighted by atomic mass is 9.60. The van der Waals surface area contributed by atoms with E-state index in [-0.39, 0.29) is 23.0 Å². The van der Waals surface area contributed by atoms with E-state index >= 15 is 0 Å². The smallest absolute Gasteiger partial charge is 0.252 e. The fourth-order valence-electron chi connectivity index (χ4n) is 4.20. The quantitative estimate of drug-likeness (QED) is 0.725. The summed E-state index contributed by atoms with van der Waals surface area (Å²) in [5.74, 6) is 0.127. The Hall–Kier alpha value is -0.650. The first-order valence-electron chi connectivity index (χ1n) is 7.65. The molecule has 4 aliphatic rings. The number of carbonyl (C=O) groups excluding carboxylic acids is 1. The Kier molecular flexibility index (Phi) is 3.77. The molecule has 0 aromatic carbocycles. The van der Waals surface area contributed by atoms with Crippen LogP contribution in [0.15, 0.2) is 0 Å². The van der Waals surface area contributed by atoms with E-state index in [1.165, 1.54) is 11.5 Å². The first-order valence-corrected chi connectivity index (χ1v) is 7.65. The van der Waals surface area contributed by atoms with E-state index in [1.54, 1.807) is 14.2 Å². The third-order valence-corrected chi connectivity index (χ3v) is 5.29. The van der Waals surface area contributed by atoms with Gasteiger partial charge in [-0.2, -0.15) is 0 Å². The number of hydrogen-bond acceptors (Lipinski definition) is 4. The van der Waals surface area contributed by atoms with Crippen molar-refractivity contribution in [2.24, 2.45) is 10.8 Å². The van der Waals surface area contributed by atoms with Gasteiger partial charge < -0.3 is 9.47 Å². The fraction of sp³-hybridized carbons (Fsp3) is 0.933. The number of rotatable bonds is 5. The first kappa shape index (κ1) is 14.3. The maximum atomic E-state index is 12.3. The van der Waals surface area contributed by atoms with Gasteiger partial charge in [-0.1, -0.05) is 0 Å². The molecule has 0 spiro atoms. The van der Waals surface area contributed by atoms with Gasteiger partial charge in [0.25, 0.3) is 5.91 Å². The molecule has 4 fully saturated rings. The largest absolute Gasteiger partial charge is 0.353 e. The highest BCUT2D eigenvalue weighted by Gasteiger charge is 2.65. The molecule has 5 nitrogen and oxygen atoms in total. The highest BCUT2D eigenvalue weighted by atomic mass is 16.7. The highest BCUT2D eigenvalue weighted by molar-refractivity contribution is 5.83. The zero-order valence-electron chi connectivity index (χ0n) is 12.5. The van der Waals surface area contributed by atoms with Gasteiger partial charge in [0.1, 0.15) is 0 Å². The third kappa shape index (κ3) is 2.36. The van der Waals surface area contributed by atoms with Crippen LogP contribution in [0.1, 0.15) is 44.9 Å². The summed E-state index contributed by atoms with van der Waals surface area (Å²) in [6.07, 6.45) is 7.26. The summed E-state index contributed by atoms with van der Waals surface area (Å²) in [4.78, 5) is 17.4. The molecule has 1 unspecified atom stereocenters. The number of fused-ring (bicyclic) bond motifs is 1. The number of amides is 1. The fourth-order valence-corrected chi connectivity index (χ4v) is 4.20. The standard InChI is InChI=1S/C15H25NO4/c1-16(18-2)13(17)15-7-6-14(9-15,10-15)11-20-12-5-3-4-8-19-12/h12H,3-11H2,1-2H3. The van der Waals surface area contributed by atoms with Gasteiger partial charge in [0.15, 0.2) is 6.29 Å². The molecule has 3 aliphatic carbocycles. The van der Waals surface area contributed by atoms with Crippen LogP contribution >= 0.6 is 0 Å². The lowest BCUT2D eigenvalue weighted by Gasteiger charge is -2.47. The summed E-state index contributed by atoms with van der Waals surface area (Å²) in [6.45, 7) is 1.56. The second-order valence-corrected chi connectivity index (χ2v) is 6.73. The zero-order valence-corrected chi connectivity index (χ0v) is 12.5. The average molecular weight is 283 g/mol. The lowest BCUT2D eigenvalue weighted by Crippen LogP contribution is -2.50.